The minimum absolute atomic E-state index is 0.127. The molecule has 1 aromatic carbocycles. The van der Waals surface area contributed by atoms with Crippen LogP contribution >= 0.6 is 0 Å². The minimum atomic E-state index is -1.03. The lowest BCUT2D eigenvalue weighted by atomic mass is 10.1. The molecule has 2 aromatic rings. The third-order valence-corrected chi connectivity index (χ3v) is 2.83. The van der Waals surface area contributed by atoms with E-state index in [0.717, 1.165) is 5.82 Å². The lowest BCUT2D eigenvalue weighted by molar-refractivity contribution is 0.0696. The average Bonchev–Trinajstić information content (AvgIpc) is 2.81. The van der Waals surface area contributed by atoms with Crippen LogP contribution in [0.3, 0.4) is 0 Å². The molecule has 0 aliphatic rings. The van der Waals surface area contributed by atoms with E-state index in [4.69, 9.17) is 5.73 Å². The summed E-state index contributed by atoms with van der Waals surface area (Å²) in [4.78, 5) is 15.7. The summed E-state index contributed by atoms with van der Waals surface area (Å²) in [6, 6.07) is 4.75. The molecule has 1 heterocycles. The van der Waals surface area contributed by atoms with Crippen molar-refractivity contribution in [1.82, 2.24) is 14.8 Å². The molecule has 19 heavy (non-hydrogen) atoms. The van der Waals surface area contributed by atoms with Gasteiger partial charge in [0, 0.05) is 18.5 Å². The lowest BCUT2D eigenvalue weighted by Gasteiger charge is -2.08. The van der Waals surface area contributed by atoms with Gasteiger partial charge in [-0.3, -0.25) is 0 Å². The van der Waals surface area contributed by atoms with Crippen LogP contribution in [0.5, 0.6) is 0 Å². The Bertz CT molecular complexity index is 619. The number of rotatable bonds is 4. The standard InChI is InChI=1S/C13H16N4O2/c1-3-11-15-12(4-2)17(16-11)10-6-5-8(14)7-9(10)13(18)19/h5-7H,3-4,14H2,1-2H3,(H,18,19). The Balaban J connectivity index is 2.64. The second kappa shape index (κ2) is 5.09. The van der Waals surface area contributed by atoms with Gasteiger partial charge in [0.2, 0.25) is 0 Å². The molecule has 1 aromatic heterocycles. The number of nitrogens with two attached hydrogens (primary N) is 1. The fraction of sp³-hybridized carbons (Fsp3) is 0.308. The zero-order chi connectivity index (χ0) is 14.0. The normalized spacial score (nSPS) is 10.6. The van der Waals surface area contributed by atoms with Crippen LogP contribution in [0.25, 0.3) is 5.69 Å². The second-order valence-corrected chi connectivity index (χ2v) is 4.14. The summed E-state index contributed by atoms with van der Waals surface area (Å²) in [6.45, 7) is 3.91. The summed E-state index contributed by atoms with van der Waals surface area (Å²) < 4.78 is 1.59. The van der Waals surface area contributed by atoms with E-state index in [-0.39, 0.29) is 5.56 Å². The van der Waals surface area contributed by atoms with E-state index in [9.17, 15) is 9.90 Å². The molecule has 0 atom stereocenters. The SMILES string of the molecule is CCc1nc(CC)n(-c2ccc(N)cc2C(=O)O)n1. The van der Waals surface area contributed by atoms with Gasteiger partial charge in [0.15, 0.2) is 5.82 Å². The van der Waals surface area contributed by atoms with Gasteiger partial charge < -0.3 is 10.8 Å². The number of hydrogen-bond acceptors (Lipinski definition) is 4. The molecular formula is C13H16N4O2. The maximum Gasteiger partial charge on any atom is 0.337 e. The summed E-state index contributed by atoms with van der Waals surface area (Å²) in [5, 5.41) is 13.6. The molecule has 3 N–H and O–H groups in total. The van der Waals surface area contributed by atoms with Crippen molar-refractivity contribution in [3.8, 4) is 5.69 Å². The van der Waals surface area contributed by atoms with Gasteiger partial charge in [-0.2, -0.15) is 5.10 Å². The first-order chi connectivity index (χ1) is 9.06. The zero-order valence-corrected chi connectivity index (χ0v) is 10.9. The molecule has 2 rings (SSSR count). The summed E-state index contributed by atoms with van der Waals surface area (Å²) in [6.07, 6.45) is 1.38. The van der Waals surface area contributed by atoms with Gasteiger partial charge in [0.25, 0.3) is 0 Å². The summed E-state index contributed by atoms with van der Waals surface area (Å²) in [5.41, 5.74) is 6.67. The zero-order valence-electron chi connectivity index (χ0n) is 10.9. The highest BCUT2D eigenvalue weighted by Gasteiger charge is 2.16. The van der Waals surface area contributed by atoms with E-state index in [1.807, 2.05) is 13.8 Å². The fourth-order valence-electron chi connectivity index (χ4n) is 1.87. The molecule has 6 nitrogen and oxygen atoms in total. The summed E-state index contributed by atoms with van der Waals surface area (Å²) >= 11 is 0. The van der Waals surface area contributed by atoms with E-state index in [1.165, 1.54) is 6.07 Å². The van der Waals surface area contributed by atoms with Gasteiger partial charge in [-0.25, -0.2) is 14.5 Å². The molecule has 0 fully saturated rings. The number of carboxylic acid groups (broad SMARTS) is 1. The first-order valence-corrected chi connectivity index (χ1v) is 6.14. The highest BCUT2D eigenvalue weighted by Crippen LogP contribution is 2.19. The lowest BCUT2D eigenvalue weighted by Crippen LogP contribution is -2.10. The number of aromatic nitrogens is 3. The van der Waals surface area contributed by atoms with Crippen molar-refractivity contribution in [3.63, 3.8) is 0 Å². The number of carboxylic acids is 1. The van der Waals surface area contributed by atoms with Crippen LogP contribution in [0.15, 0.2) is 18.2 Å². The Kier molecular flexibility index (Phi) is 3.50. The third kappa shape index (κ3) is 2.42. The van der Waals surface area contributed by atoms with Crippen LogP contribution in [0, 0.1) is 0 Å². The van der Waals surface area contributed by atoms with Gasteiger partial charge in [0.05, 0.1) is 11.3 Å². The molecule has 0 saturated heterocycles. The van der Waals surface area contributed by atoms with Gasteiger partial charge >= 0.3 is 5.97 Å². The van der Waals surface area contributed by atoms with Crippen molar-refractivity contribution in [1.29, 1.82) is 0 Å². The highest BCUT2D eigenvalue weighted by atomic mass is 16.4. The molecule has 0 radical (unpaired) electrons. The predicted octanol–water partition coefficient (Wildman–Crippen LogP) is 1.67. The largest absolute Gasteiger partial charge is 0.478 e. The van der Waals surface area contributed by atoms with E-state index in [2.05, 4.69) is 10.1 Å². The maximum absolute atomic E-state index is 11.3. The smallest absolute Gasteiger partial charge is 0.337 e. The first kappa shape index (κ1) is 13.1. The fourth-order valence-corrected chi connectivity index (χ4v) is 1.87. The maximum atomic E-state index is 11.3. The van der Waals surface area contributed by atoms with Crippen molar-refractivity contribution >= 4 is 11.7 Å². The Morgan fingerprint density at radius 3 is 2.68 bits per heavy atom. The minimum Gasteiger partial charge on any atom is -0.478 e. The van der Waals surface area contributed by atoms with E-state index in [1.54, 1.807) is 16.8 Å². The number of nitrogens with zero attached hydrogens (tertiary/aromatic N) is 3. The molecule has 0 aliphatic heterocycles. The number of benzene rings is 1. The Labute approximate surface area is 110 Å². The first-order valence-electron chi connectivity index (χ1n) is 6.14. The molecule has 100 valence electrons. The van der Waals surface area contributed by atoms with Crippen LogP contribution < -0.4 is 5.73 Å². The van der Waals surface area contributed by atoms with Crippen molar-refractivity contribution in [2.24, 2.45) is 0 Å². The molecular weight excluding hydrogens is 244 g/mol. The topological polar surface area (TPSA) is 94.0 Å². The Hall–Kier alpha value is -2.37. The van der Waals surface area contributed by atoms with Gasteiger partial charge in [-0.05, 0) is 18.2 Å². The predicted molar refractivity (Wildman–Crippen MR) is 71.5 cm³/mol. The molecule has 0 spiro atoms. The highest BCUT2D eigenvalue weighted by molar-refractivity contribution is 5.93. The number of nitrogen functional groups attached to an aromatic ring is 1. The van der Waals surface area contributed by atoms with Crippen LogP contribution in [-0.4, -0.2) is 25.8 Å². The summed E-state index contributed by atoms with van der Waals surface area (Å²) in [5.74, 6) is 0.409. The molecule has 0 bridgehead atoms. The number of hydrogen-bond donors (Lipinski definition) is 2. The number of anilines is 1. The van der Waals surface area contributed by atoms with Gasteiger partial charge in [-0.1, -0.05) is 13.8 Å². The van der Waals surface area contributed by atoms with E-state index < -0.39 is 5.97 Å². The van der Waals surface area contributed by atoms with E-state index >= 15 is 0 Å². The van der Waals surface area contributed by atoms with Crippen LogP contribution in [0.2, 0.25) is 0 Å². The van der Waals surface area contributed by atoms with Crippen LogP contribution in [0.4, 0.5) is 5.69 Å². The number of aryl methyl sites for hydroxylation is 2. The monoisotopic (exact) mass is 260 g/mol. The van der Waals surface area contributed by atoms with E-state index in [0.29, 0.717) is 30.0 Å². The number of carbonyl (C=O) groups is 1. The van der Waals surface area contributed by atoms with Gasteiger partial charge in [-0.15, -0.1) is 0 Å². The summed E-state index contributed by atoms with van der Waals surface area (Å²) in [7, 11) is 0. The Morgan fingerprint density at radius 2 is 2.11 bits per heavy atom. The second-order valence-electron chi connectivity index (χ2n) is 4.14. The molecule has 0 amide bonds. The number of aromatic carboxylic acids is 1. The third-order valence-electron chi connectivity index (χ3n) is 2.83. The van der Waals surface area contributed by atoms with Crippen LogP contribution in [0.1, 0.15) is 35.9 Å². The van der Waals surface area contributed by atoms with Crippen molar-refractivity contribution in [3.05, 3.63) is 35.4 Å². The average molecular weight is 260 g/mol. The van der Waals surface area contributed by atoms with Crippen molar-refractivity contribution in [2.75, 3.05) is 5.73 Å². The molecule has 0 saturated carbocycles. The quantitative estimate of drug-likeness (QED) is 0.815. The van der Waals surface area contributed by atoms with Gasteiger partial charge in [0.1, 0.15) is 5.82 Å². The van der Waals surface area contributed by atoms with Crippen molar-refractivity contribution < 1.29 is 9.90 Å². The van der Waals surface area contributed by atoms with Crippen molar-refractivity contribution in [2.45, 2.75) is 26.7 Å². The molecule has 6 heteroatoms. The Morgan fingerprint density at radius 1 is 1.37 bits per heavy atom. The molecule has 0 unspecified atom stereocenters. The molecule has 0 aliphatic carbocycles. The van der Waals surface area contributed by atoms with Crippen LogP contribution in [-0.2, 0) is 12.8 Å².